The summed E-state index contributed by atoms with van der Waals surface area (Å²) >= 11 is 0. The van der Waals surface area contributed by atoms with Gasteiger partial charge in [-0.25, -0.2) is 15.0 Å². The van der Waals surface area contributed by atoms with E-state index in [9.17, 15) is 0 Å². The van der Waals surface area contributed by atoms with Crippen LogP contribution in [0.3, 0.4) is 0 Å². The molecule has 10 aromatic carbocycles. The molecule has 0 aliphatic rings. The van der Waals surface area contributed by atoms with Gasteiger partial charge in [0.1, 0.15) is 0 Å². The summed E-state index contributed by atoms with van der Waals surface area (Å²) in [4.78, 5) is 16.2. The van der Waals surface area contributed by atoms with E-state index in [0.717, 1.165) is 60.8 Å². The first-order chi connectivity index (χ1) is 30.2. The maximum absolute atomic E-state index is 5.42. The molecule has 12 aromatic rings. The van der Waals surface area contributed by atoms with Crippen LogP contribution in [0, 0.1) is 0 Å². The average Bonchev–Trinajstić information content (AvgIpc) is 3.67. The first-order valence-electron chi connectivity index (χ1n) is 20.7. The Morgan fingerprint density at radius 3 is 1.74 bits per heavy atom. The highest BCUT2D eigenvalue weighted by Crippen LogP contribution is 2.41. The Bertz CT molecular complexity index is 3650. The maximum atomic E-state index is 5.42. The third kappa shape index (κ3) is 5.88. The van der Waals surface area contributed by atoms with Crippen molar-refractivity contribution in [2.24, 2.45) is 0 Å². The van der Waals surface area contributed by atoms with Gasteiger partial charge in [0.2, 0.25) is 0 Å². The van der Waals surface area contributed by atoms with Crippen LogP contribution in [-0.2, 0) is 0 Å². The number of nitrogens with zero attached hydrogens (tertiary/aromatic N) is 4. The normalized spacial score (nSPS) is 11.6. The molecule has 2 aromatic heterocycles. The van der Waals surface area contributed by atoms with Crippen LogP contribution in [0.1, 0.15) is 0 Å². The van der Waals surface area contributed by atoms with Crippen LogP contribution < -0.4 is 0 Å². The van der Waals surface area contributed by atoms with Crippen LogP contribution in [0.15, 0.2) is 218 Å². The Morgan fingerprint density at radius 2 is 0.885 bits per heavy atom. The monoisotopic (exact) mass is 776 g/mol. The summed E-state index contributed by atoms with van der Waals surface area (Å²) in [5, 5.41) is 9.34. The molecule has 0 fully saturated rings. The van der Waals surface area contributed by atoms with Crippen LogP contribution in [0.2, 0.25) is 0 Å². The summed E-state index contributed by atoms with van der Waals surface area (Å²) in [7, 11) is 0. The predicted octanol–water partition coefficient (Wildman–Crippen LogP) is 14.8. The smallest absolute Gasteiger partial charge is 0.165 e. The van der Waals surface area contributed by atoms with E-state index in [0.29, 0.717) is 17.5 Å². The van der Waals surface area contributed by atoms with Gasteiger partial charge >= 0.3 is 0 Å². The van der Waals surface area contributed by atoms with E-state index >= 15 is 0 Å². The number of hydrogen-bond donors (Lipinski definition) is 0. The van der Waals surface area contributed by atoms with Gasteiger partial charge in [-0.15, -0.1) is 0 Å². The zero-order chi connectivity index (χ0) is 40.3. The first-order valence-corrected chi connectivity index (χ1v) is 20.7. The third-order valence-corrected chi connectivity index (χ3v) is 12.0. The molecular formula is C57H36N4. The fourth-order valence-corrected chi connectivity index (χ4v) is 9.19. The minimum atomic E-state index is 0.619. The molecule has 0 bridgehead atoms. The molecule has 0 aliphatic heterocycles. The number of aromatic nitrogens is 4. The Hall–Kier alpha value is -8.21. The van der Waals surface area contributed by atoms with Crippen molar-refractivity contribution in [1.29, 1.82) is 0 Å². The fourth-order valence-electron chi connectivity index (χ4n) is 9.19. The molecule has 12 rings (SSSR count). The molecule has 0 radical (unpaired) electrons. The molecule has 0 saturated heterocycles. The molecule has 284 valence electrons. The van der Waals surface area contributed by atoms with E-state index in [-0.39, 0.29) is 0 Å². The second-order valence-electron chi connectivity index (χ2n) is 15.6. The van der Waals surface area contributed by atoms with Crippen LogP contribution in [-0.4, -0.2) is 19.5 Å². The lowest BCUT2D eigenvalue weighted by molar-refractivity contribution is 1.08. The highest BCUT2D eigenvalue weighted by Gasteiger charge is 2.20. The molecule has 0 spiro atoms. The van der Waals surface area contributed by atoms with Crippen molar-refractivity contribution < 1.29 is 0 Å². The third-order valence-electron chi connectivity index (χ3n) is 12.0. The zero-order valence-corrected chi connectivity index (χ0v) is 33.1. The average molecular weight is 777 g/mol. The standard InChI is InChI=1S/C57H36N4/c1-3-16-37(17-4-1)44-24-11-12-28-49(44)56-58-55(59-57(60-56)54-46-26-10-8-19-41(46)36-50-45-25-9-7-18-38(45)30-32-48(50)54)42-21-15-20-39(34-42)40-31-33-53-51(35-40)47-27-13-14-29-52(47)61(53)43-22-5-2-6-23-43/h1-36H. The molecule has 4 nitrogen and oxygen atoms in total. The van der Waals surface area contributed by atoms with Gasteiger partial charge < -0.3 is 4.57 Å². The number of rotatable bonds is 6. The molecule has 0 atom stereocenters. The maximum Gasteiger partial charge on any atom is 0.165 e. The largest absolute Gasteiger partial charge is 0.309 e. The lowest BCUT2D eigenvalue weighted by atomic mass is 9.93. The second-order valence-corrected chi connectivity index (χ2v) is 15.6. The van der Waals surface area contributed by atoms with Gasteiger partial charge in [0, 0.05) is 33.2 Å². The van der Waals surface area contributed by atoms with Crippen molar-refractivity contribution in [3.63, 3.8) is 0 Å². The number of benzene rings is 10. The second kappa shape index (κ2) is 14.3. The Morgan fingerprint density at radius 1 is 0.279 bits per heavy atom. The SMILES string of the molecule is c1ccc(-c2ccccc2-c2nc(-c3cccc(-c4ccc5c(c4)c4ccccc4n5-c4ccccc4)c3)nc(-c3c4ccccc4cc4c3ccc3ccccc34)n2)cc1. The van der Waals surface area contributed by atoms with Crippen molar-refractivity contribution in [3.8, 4) is 62.1 Å². The van der Waals surface area contributed by atoms with Crippen LogP contribution >= 0.6 is 0 Å². The van der Waals surface area contributed by atoms with Crippen LogP contribution in [0.4, 0.5) is 0 Å². The lowest BCUT2D eigenvalue weighted by Crippen LogP contribution is -2.02. The van der Waals surface area contributed by atoms with Crippen molar-refractivity contribution >= 4 is 54.1 Å². The summed E-state index contributed by atoms with van der Waals surface area (Å²) in [6, 6.07) is 77.5. The van der Waals surface area contributed by atoms with E-state index in [1.165, 1.54) is 38.0 Å². The molecule has 0 unspecified atom stereocenters. The summed E-state index contributed by atoms with van der Waals surface area (Å²) in [6.45, 7) is 0. The van der Waals surface area contributed by atoms with E-state index in [1.807, 2.05) is 6.07 Å². The number of para-hydroxylation sites is 2. The van der Waals surface area contributed by atoms with Gasteiger partial charge in [-0.1, -0.05) is 176 Å². The summed E-state index contributed by atoms with van der Waals surface area (Å²) < 4.78 is 2.35. The summed E-state index contributed by atoms with van der Waals surface area (Å²) in [5.41, 5.74) is 10.8. The molecule has 61 heavy (non-hydrogen) atoms. The van der Waals surface area contributed by atoms with Crippen LogP contribution in [0.5, 0.6) is 0 Å². The van der Waals surface area contributed by atoms with Crippen molar-refractivity contribution in [1.82, 2.24) is 19.5 Å². The van der Waals surface area contributed by atoms with Crippen LogP contribution in [0.25, 0.3) is 116 Å². The Kier molecular flexibility index (Phi) is 8.13. The topological polar surface area (TPSA) is 43.6 Å². The molecule has 2 heterocycles. The minimum Gasteiger partial charge on any atom is -0.309 e. The van der Waals surface area contributed by atoms with E-state index in [1.54, 1.807) is 0 Å². The predicted molar refractivity (Wildman–Crippen MR) is 254 cm³/mol. The number of fused-ring (bicyclic) bond motifs is 7. The molecule has 4 heteroatoms. The van der Waals surface area contributed by atoms with Crippen molar-refractivity contribution in [2.75, 3.05) is 0 Å². The molecule has 0 N–H and O–H groups in total. The van der Waals surface area contributed by atoms with Crippen molar-refractivity contribution in [2.45, 2.75) is 0 Å². The molecule has 0 aliphatic carbocycles. The van der Waals surface area contributed by atoms with Gasteiger partial charge in [-0.2, -0.15) is 0 Å². The molecule has 0 saturated carbocycles. The van der Waals surface area contributed by atoms with Gasteiger partial charge in [-0.3, -0.25) is 0 Å². The summed E-state index contributed by atoms with van der Waals surface area (Å²) in [5.74, 6) is 1.88. The quantitative estimate of drug-likeness (QED) is 0.125. The van der Waals surface area contributed by atoms with Gasteiger partial charge in [-0.05, 0) is 97.0 Å². The molecular weight excluding hydrogens is 741 g/mol. The fraction of sp³-hybridized carbons (Fsp3) is 0. The van der Waals surface area contributed by atoms with Gasteiger partial charge in [0.05, 0.1) is 11.0 Å². The molecule has 0 amide bonds. The van der Waals surface area contributed by atoms with E-state index in [2.05, 4.69) is 217 Å². The van der Waals surface area contributed by atoms with E-state index < -0.39 is 0 Å². The van der Waals surface area contributed by atoms with E-state index in [4.69, 9.17) is 15.0 Å². The van der Waals surface area contributed by atoms with Crippen molar-refractivity contribution in [3.05, 3.63) is 218 Å². The zero-order valence-electron chi connectivity index (χ0n) is 33.1. The highest BCUT2D eigenvalue weighted by atomic mass is 15.0. The highest BCUT2D eigenvalue weighted by molar-refractivity contribution is 6.19. The Balaban J connectivity index is 1.08. The minimum absolute atomic E-state index is 0.619. The number of hydrogen-bond acceptors (Lipinski definition) is 3. The Labute approximate surface area is 352 Å². The first kappa shape index (κ1) is 34.8. The lowest BCUT2D eigenvalue weighted by Gasteiger charge is -2.16. The summed E-state index contributed by atoms with van der Waals surface area (Å²) in [6.07, 6.45) is 0. The van der Waals surface area contributed by atoms with Gasteiger partial charge in [0.15, 0.2) is 17.5 Å². The van der Waals surface area contributed by atoms with Gasteiger partial charge in [0.25, 0.3) is 0 Å².